The highest BCUT2D eigenvalue weighted by molar-refractivity contribution is 9.10. The molecule has 0 saturated heterocycles. The van der Waals surface area contributed by atoms with Gasteiger partial charge in [0.1, 0.15) is 0 Å². The van der Waals surface area contributed by atoms with Gasteiger partial charge in [0.05, 0.1) is 0 Å². The van der Waals surface area contributed by atoms with Gasteiger partial charge in [-0.2, -0.15) is 0 Å². The molecule has 1 aromatic heterocycles. The van der Waals surface area contributed by atoms with Gasteiger partial charge in [0.2, 0.25) is 0 Å². The van der Waals surface area contributed by atoms with Gasteiger partial charge >= 0.3 is 0 Å². The van der Waals surface area contributed by atoms with Crippen molar-refractivity contribution < 1.29 is 0 Å². The number of hydrogen-bond donors (Lipinski definition) is 0. The van der Waals surface area contributed by atoms with Crippen LogP contribution in [0.5, 0.6) is 0 Å². The molecule has 1 aromatic carbocycles. The highest BCUT2D eigenvalue weighted by atomic mass is 79.9. The summed E-state index contributed by atoms with van der Waals surface area (Å²) < 4.78 is 1.19. The first-order valence-electron chi connectivity index (χ1n) is 7.14. The molecule has 1 fully saturated rings. The molecule has 1 saturated carbocycles. The lowest BCUT2D eigenvalue weighted by atomic mass is 9.76. The van der Waals surface area contributed by atoms with Gasteiger partial charge in [0, 0.05) is 20.1 Å². The number of alkyl halides is 1. The first kappa shape index (κ1) is 14.6. The molecule has 0 radical (unpaired) electrons. The van der Waals surface area contributed by atoms with Crippen molar-refractivity contribution in [2.45, 2.75) is 37.0 Å². The zero-order valence-electron chi connectivity index (χ0n) is 11.3. The largest absolute Gasteiger partial charge is 0.148 e. The molecule has 20 heavy (non-hydrogen) atoms. The van der Waals surface area contributed by atoms with E-state index >= 15 is 0 Å². The van der Waals surface area contributed by atoms with Crippen LogP contribution in [0.25, 0.3) is 0 Å². The van der Waals surface area contributed by atoms with E-state index in [1.54, 1.807) is 0 Å². The van der Waals surface area contributed by atoms with Gasteiger partial charge in [-0.25, -0.2) is 0 Å². The number of benzene rings is 1. The summed E-state index contributed by atoms with van der Waals surface area (Å²) in [5.41, 5.74) is 1.48. The summed E-state index contributed by atoms with van der Waals surface area (Å²) in [7, 11) is 0. The van der Waals surface area contributed by atoms with Gasteiger partial charge in [0.25, 0.3) is 0 Å². The third-order valence-electron chi connectivity index (χ3n) is 4.25. The van der Waals surface area contributed by atoms with Crippen LogP contribution in [0.1, 0.15) is 35.6 Å². The molecular weight excluding hydrogens is 352 g/mol. The molecule has 3 atom stereocenters. The Morgan fingerprint density at radius 1 is 1.20 bits per heavy atom. The van der Waals surface area contributed by atoms with Crippen molar-refractivity contribution in [1.29, 1.82) is 0 Å². The smallest absolute Gasteiger partial charge is 0.0368 e. The molecule has 0 aliphatic heterocycles. The molecule has 1 aliphatic rings. The molecule has 0 spiro atoms. The molecule has 3 heteroatoms. The quantitative estimate of drug-likeness (QED) is 0.561. The van der Waals surface area contributed by atoms with Crippen molar-refractivity contribution in [2.75, 3.05) is 0 Å². The second-order valence-corrected chi connectivity index (χ2v) is 8.10. The summed E-state index contributed by atoms with van der Waals surface area (Å²) in [6, 6.07) is 13.1. The molecule has 0 bridgehead atoms. The second kappa shape index (κ2) is 6.64. The van der Waals surface area contributed by atoms with Gasteiger partial charge < -0.3 is 0 Å². The topological polar surface area (TPSA) is 0 Å². The highest BCUT2D eigenvalue weighted by Crippen LogP contribution is 2.40. The van der Waals surface area contributed by atoms with Gasteiger partial charge in [-0.05, 0) is 65.1 Å². The van der Waals surface area contributed by atoms with Crippen LogP contribution in [0.2, 0.25) is 0 Å². The Balaban J connectivity index is 1.70. The van der Waals surface area contributed by atoms with Gasteiger partial charge in [-0.1, -0.05) is 30.3 Å². The van der Waals surface area contributed by atoms with E-state index in [1.807, 2.05) is 11.3 Å². The van der Waals surface area contributed by atoms with E-state index in [0.29, 0.717) is 17.2 Å². The number of hydrogen-bond acceptors (Lipinski definition) is 1. The minimum absolute atomic E-state index is 0.329. The zero-order valence-corrected chi connectivity index (χ0v) is 14.4. The van der Waals surface area contributed by atoms with Gasteiger partial charge in [-0.15, -0.1) is 22.9 Å². The van der Waals surface area contributed by atoms with Crippen molar-refractivity contribution in [3.05, 3.63) is 56.7 Å². The Morgan fingerprint density at radius 3 is 2.70 bits per heavy atom. The van der Waals surface area contributed by atoms with Crippen molar-refractivity contribution in [2.24, 2.45) is 5.92 Å². The molecule has 106 valence electrons. The fraction of sp³-hybridized carbons (Fsp3) is 0.412. The van der Waals surface area contributed by atoms with Crippen molar-refractivity contribution in [3.8, 4) is 0 Å². The molecule has 3 unspecified atom stereocenters. The molecule has 3 rings (SSSR count). The minimum atomic E-state index is 0.329. The normalized spacial score (nSPS) is 26.6. The van der Waals surface area contributed by atoms with Crippen LogP contribution in [-0.4, -0.2) is 5.38 Å². The van der Waals surface area contributed by atoms with E-state index in [0.717, 1.165) is 12.8 Å². The monoisotopic (exact) mass is 368 g/mol. The molecule has 0 N–H and O–H groups in total. The fourth-order valence-electron chi connectivity index (χ4n) is 3.19. The molecule has 0 amide bonds. The molecule has 1 heterocycles. The number of rotatable bonds is 3. The van der Waals surface area contributed by atoms with E-state index in [1.165, 1.54) is 27.8 Å². The fourth-order valence-corrected chi connectivity index (χ4v) is 5.05. The summed E-state index contributed by atoms with van der Waals surface area (Å²) in [4.78, 5) is 1.45. The Kier molecular flexibility index (Phi) is 4.85. The Hall–Kier alpha value is -0.310. The van der Waals surface area contributed by atoms with E-state index in [-0.39, 0.29) is 0 Å². The average Bonchev–Trinajstić information content (AvgIpc) is 2.88. The van der Waals surface area contributed by atoms with Crippen molar-refractivity contribution in [1.82, 2.24) is 0 Å². The van der Waals surface area contributed by atoms with E-state index in [4.69, 9.17) is 11.6 Å². The maximum absolute atomic E-state index is 6.59. The average molecular weight is 370 g/mol. The van der Waals surface area contributed by atoms with Crippen LogP contribution < -0.4 is 0 Å². The van der Waals surface area contributed by atoms with Crippen molar-refractivity contribution in [3.63, 3.8) is 0 Å². The molecule has 0 nitrogen and oxygen atoms in total. The van der Waals surface area contributed by atoms with Crippen LogP contribution in [0.4, 0.5) is 0 Å². The lowest BCUT2D eigenvalue weighted by Gasteiger charge is -2.33. The zero-order chi connectivity index (χ0) is 13.9. The number of halogens is 2. The van der Waals surface area contributed by atoms with Crippen LogP contribution in [0.3, 0.4) is 0 Å². The minimum Gasteiger partial charge on any atom is -0.148 e. The SMILES string of the molecule is ClC1CCC(c2ccccc2)CC1Cc1cc(Br)cs1. The first-order chi connectivity index (χ1) is 9.72. The van der Waals surface area contributed by atoms with Crippen LogP contribution in [-0.2, 0) is 6.42 Å². The maximum Gasteiger partial charge on any atom is 0.0368 e. The summed E-state index contributed by atoms with van der Waals surface area (Å²) in [5, 5.41) is 2.49. The van der Waals surface area contributed by atoms with Gasteiger partial charge in [0.15, 0.2) is 0 Å². The van der Waals surface area contributed by atoms with Gasteiger partial charge in [-0.3, -0.25) is 0 Å². The number of thiophene rings is 1. The predicted molar refractivity (Wildman–Crippen MR) is 91.9 cm³/mol. The maximum atomic E-state index is 6.59. The summed E-state index contributed by atoms with van der Waals surface area (Å²) >= 11 is 12.0. The Morgan fingerprint density at radius 2 is 2.00 bits per heavy atom. The van der Waals surface area contributed by atoms with Crippen LogP contribution in [0, 0.1) is 5.92 Å². The van der Waals surface area contributed by atoms with Crippen LogP contribution in [0.15, 0.2) is 46.3 Å². The Labute approximate surface area is 138 Å². The Bertz CT molecular complexity index is 551. The molecular formula is C17H18BrClS. The highest BCUT2D eigenvalue weighted by Gasteiger charge is 2.30. The van der Waals surface area contributed by atoms with E-state index in [9.17, 15) is 0 Å². The second-order valence-electron chi connectivity index (χ2n) is 5.63. The first-order valence-corrected chi connectivity index (χ1v) is 9.25. The third kappa shape index (κ3) is 3.47. The van der Waals surface area contributed by atoms with E-state index < -0.39 is 0 Å². The third-order valence-corrected chi connectivity index (χ3v) is 6.54. The van der Waals surface area contributed by atoms with Crippen LogP contribution >= 0.6 is 38.9 Å². The summed E-state index contributed by atoms with van der Waals surface area (Å²) in [6.07, 6.45) is 4.70. The predicted octanol–water partition coefficient (Wildman–Crippen LogP) is 6.24. The molecule has 1 aliphatic carbocycles. The standard InChI is InChI=1S/C17H18BrClS/c18-15-10-16(20-11-15)9-14-8-13(6-7-17(14)19)12-4-2-1-3-5-12/h1-5,10-11,13-14,17H,6-9H2. The lowest BCUT2D eigenvalue weighted by molar-refractivity contribution is 0.328. The van der Waals surface area contributed by atoms with E-state index in [2.05, 4.69) is 57.7 Å². The summed E-state index contributed by atoms with van der Waals surface area (Å²) in [6.45, 7) is 0. The lowest BCUT2D eigenvalue weighted by Crippen LogP contribution is -2.26. The van der Waals surface area contributed by atoms with Crippen molar-refractivity contribution >= 4 is 38.9 Å². The summed E-state index contributed by atoms with van der Waals surface area (Å²) in [5.74, 6) is 1.28. The molecule has 2 aromatic rings.